The zero-order valence-electron chi connectivity index (χ0n) is 8.04. The number of carbonyl (C=O) groups is 3. The number of aromatic nitrogens is 1. The molecule has 0 saturated heterocycles. The van der Waals surface area contributed by atoms with Gasteiger partial charge in [0.1, 0.15) is 12.2 Å². The van der Waals surface area contributed by atoms with Gasteiger partial charge in [-0.25, -0.2) is 4.79 Å². The van der Waals surface area contributed by atoms with Crippen LogP contribution in [0.3, 0.4) is 0 Å². The Kier molecular flexibility index (Phi) is 3.68. The molecule has 0 bridgehead atoms. The van der Waals surface area contributed by atoms with E-state index in [4.69, 9.17) is 0 Å². The van der Waals surface area contributed by atoms with Gasteiger partial charge in [0.25, 0.3) is 5.78 Å². The molecule has 5 heteroatoms. The van der Waals surface area contributed by atoms with Crippen molar-refractivity contribution >= 4 is 18.0 Å². The van der Waals surface area contributed by atoms with E-state index in [1.807, 2.05) is 0 Å². The third kappa shape index (κ3) is 2.46. The van der Waals surface area contributed by atoms with Gasteiger partial charge in [0.2, 0.25) is 0 Å². The minimum absolute atomic E-state index is 0.239. The van der Waals surface area contributed by atoms with Crippen LogP contribution in [0.2, 0.25) is 0 Å². The Morgan fingerprint density at radius 3 is 2.67 bits per heavy atom. The quantitative estimate of drug-likeness (QED) is 0.303. The molecule has 78 valence electrons. The largest absolute Gasteiger partial charge is 0.463 e. The van der Waals surface area contributed by atoms with Crippen molar-refractivity contribution in [1.82, 2.24) is 4.98 Å². The third-order valence-electron chi connectivity index (χ3n) is 1.81. The van der Waals surface area contributed by atoms with Gasteiger partial charge in [0.05, 0.1) is 12.8 Å². The maximum atomic E-state index is 11.4. The van der Waals surface area contributed by atoms with Crippen LogP contribution in [0.15, 0.2) is 24.4 Å². The molecule has 0 radical (unpaired) electrons. The zero-order valence-corrected chi connectivity index (χ0v) is 8.04. The third-order valence-corrected chi connectivity index (χ3v) is 1.81. The van der Waals surface area contributed by atoms with E-state index < -0.39 is 17.7 Å². The maximum absolute atomic E-state index is 11.4. The summed E-state index contributed by atoms with van der Waals surface area (Å²) in [6.07, 6.45) is 1.82. The van der Waals surface area contributed by atoms with Crippen molar-refractivity contribution in [3.05, 3.63) is 30.1 Å². The second-order valence-electron chi connectivity index (χ2n) is 2.72. The SMILES string of the molecule is COC(=O)C(=O)C(C=O)c1ccccn1. The number of esters is 1. The van der Waals surface area contributed by atoms with Crippen LogP contribution in [-0.4, -0.2) is 30.1 Å². The lowest BCUT2D eigenvalue weighted by Gasteiger charge is -2.05. The fourth-order valence-corrected chi connectivity index (χ4v) is 1.05. The van der Waals surface area contributed by atoms with E-state index in [0.717, 1.165) is 7.11 Å². The highest BCUT2D eigenvalue weighted by Crippen LogP contribution is 2.11. The summed E-state index contributed by atoms with van der Waals surface area (Å²) < 4.78 is 4.24. The van der Waals surface area contributed by atoms with Crippen LogP contribution in [0.4, 0.5) is 0 Å². The first-order valence-electron chi connectivity index (χ1n) is 4.19. The Morgan fingerprint density at radius 1 is 1.47 bits per heavy atom. The lowest BCUT2D eigenvalue weighted by Crippen LogP contribution is -2.25. The molecule has 1 rings (SSSR count). The zero-order chi connectivity index (χ0) is 11.3. The van der Waals surface area contributed by atoms with Gasteiger partial charge in [-0.2, -0.15) is 0 Å². The molecule has 0 fully saturated rings. The first-order valence-corrected chi connectivity index (χ1v) is 4.19. The highest BCUT2D eigenvalue weighted by Gasteiger charge is 2.27. The summed E-state index contributed by atoms with van der Waals surface area (Å²) in [6.45, 7) is 0. The molecule has 0 aliphatic heterocycles. The number of methoxy groups -OCH3 is 1. The summed E-state index contributed by atoms with van der Waals surface area (Å²) in [6, 6.07) is 4.78. The summed E-state index contributed by atoms with van der Waals surface area (Å²) in [5, 5.41) is 0. The fraction of sp³-hybridized carbons (Fsp3) is 0.200. The molecule has 1 aromatic rings. The van der Waals surface area contributed by atoms with Crippen molar-refractivity contribution in [2.45, 2.75) is 5.92 Å². The fourth-order valence-electron chi connectivity index (χ4n) is 1.05. The van der Waals surface area contributed by atoms with Crippen LogP contribution < -0.4 is 0 Å². The van der Waals surface area contributed by atoms with E-state index in [-0.39, 0.29) is 5.69 Å². The average molecular weight is 207 g/mol. The molecule has 0 N–H and O–H groups in total. The smallest absolute Gasteiger partial charge is 0.375 e. The molecule has 1 aromatic heterocycles. The van der Waals surface area contributed by atoms with E-state index in [0.29, 0.717) is 6.29 Å². The van der Waals surface area contributed by atoms with Crippen LogP contribution >= 0.6 is 0 Å². The summed E-state index contributed by atoms with van der Waals surface area (Å²) in [5.74, 6) is -3.14. The van der Waals surface area contributed by atoms with Gasteiger partial charge in [-0.3, -0.25) is 9.78 Å². The Hall–Kier alpha value is -2.04. The van der Waals surface area contributed by atoms with Crippen molar-refractivity contribution in [2.24, 2.45) is 0 Å². The Labute approximate surface area is 86.1 Å². The number of ketones is 1. The van der Waals surface area contributed by atoms with E-state index >= 15 is 0 Å². The molecule has 1 heterocycles. The standard InChI is InChI=1S/C10H9NO4/c1-15-10(14)9(13)7(6-12)8-4-2-3-5-11-8/h2-7H,1H3. The number of aldehydes is 1. The number of nitrogens with zero attached hydrogens (tertiary/aromatic N) is 1. The monoisotopic (exact) mass is 207 g/mol. The van der Waals surface area contributed by atoms with E-state index in [1.165, 1.54) is 12.3 Å². The number of hydrogen-bond donors (Lipinski definition) is 0. The topological polar surface area (TPSA) is 73.3 Å². The van der Waals surface area contributed by atoms with Crippen LogP contribution in [0.25, 0.3) is 0 Å². The van der Waals surface area contributed by atoms with Crippen LogP contribution in [0, 0.1) is 0 Å². The number of ether oxygens (including phenoxy) is 1. The Morgan fingerprint density at radius 2 is 2.20 bits per heavy atom. The molecule has 0 aliphatic carbocycles. The molecular formula is C10H9NO4. The van der Waals surface area contributed by atoms with E-state index in [1.54, 1.807) is 12.1 Å². The average Bonchev–Trinajstić information content (AvgIpc) is 2.30. The van der Waals surface area contributed by atoms with Gasteiger partial charge in [-0.05, 0) is 12.1 Å². The molecule has 0 saturated carbocycles. The molecule has 1 atom stereocenters. The summed E-state index contributed by atoms with van der Waals surface area (Å²) in [4.78, 5) is 36.8. The van der Waals surface area contributed by atoms with Gasteiger partial charge in [-0.1, -0.05) is 6.07 Å². The Balaban J connectivity index is 2.95. The van der Waals surface area contributed by atoms with Crippen LogP contribution in [0.5, 0.6) is 0 Å². The molecule has 1 unspecified atom stereocenters. The first-order chi connectivity index (χ1) is 7.20. The number of carbonyl (C=O) groups excluding carboxylic acids is 3. The van der Waals surface area contributed by atoms with E-state index in [2.05, 4.69) is 9.72 Å². The van der Waals surface area contributed by atoms with Gasteiger partial charge in [0.15, 0.2) is 0 Å². The summed E-state index contributed by atoms with van der Waals surface area (Å²) in [5.41, 5.74) is 0.239. The van der Waals surface area contributed by atoms with Crippen LogP contribution in [0.1, 0.15) is 11.6 Å². The number of rotatable bonds is 4. The van der Waals surface area contributed by atoms with Crippen LogP contribution in [-0.2, 0) is 19.1 Å². The molecule has 0 amide bonds. The molecule has 0 spiro atoms. The molecule has 5 nitrogen and oxygen atoms in total. The highest BCUT2D eigenvalue weighted by atomic mass is 16.5. The van der Waals surface area contributed by atoms with Crippen molar-refractivity contribution in [2.75, 3.05) is 7.11 Å². The number of pyridine rings is 1. The summed E-state index contributed by atoms with van der Waals surface area (Å²) >= 11 is 0. The van der Waals surface area contributed by atoms with Crippen molar-refractivity contribution in [3.63, 3.8) is 0 Å². The predicted octanol–water partition coefficient (Wildman–Crippen LogP) is 0.106. The van der Waals surface area contributed by atoms with Crippen molar-refractivity contribution in [1.29, 1.82) is 0 Å². The Bertz CT molecular complexity index is 374. The lowest BCUT2D eigenvalue weighted by molar-refractivity contribution is -0.152. The highest BCUT2D eigenvalue weighted by molar-refractivity contribution is 6.38. The molecule has 15 heavy (non-hydrogen) atoms. The number of Topliss-reactive ketones (excluding diaryl/α,β-unsaturated/α-hetero) is 1. The van der Waals surface area contributed by atoms with Gasteiger partial charge >= 0.3 is 5.97 Å². The second-order valence-corrected chi connectivity index (χ2v) is 2.72. The number of hydrogen-bond acceptors (Lipinski definition) is 5. The minimum atomic E-state index is -1.18. The van der Waals surface area contributed by atoms with Gasteiger partial charge in [-0.15, -0.1) is 0 Å². The lowest BCUT2D eigenvalue weighted by atomic mass is 10.0. The first kappa shape index (κ1) is 11.0. The van der Waals surface area contributed by atoms with Gasteiger partial charge < -0.3 is 9.53 Å². The van der Waals surface area contributed by atoms with Crippen molar-refractivity contribution < 1.29 is 19.1 Å². The molecular weight excluding hydrogens is 198 g/mol. The predicted molar refractivity (Wildman–Crippen MR) is 50.1 cm³/mol. The normalized spacial score (nSPS) is 11.5. The molecule has 0 aliphatic rings. The molecule has 0 aromatic carbocycles. The second kappa shape index (κ2) is 4.99. The summed E-state index contributed by atoms with van der Waals surface area (Å²) in [7, 11) is 1.08. The van der Waals surface area contributed by atoms with Crippen molar-refractivity contribution in [3.8, 4) is 0 Å². The van der Waals surface area contributed by atoms with Gasteiger partial charge in [0, 0.05) is 6.20 Å². The maximum Gasteiger partial charge on any atom is 0.375 e. The van der Waals surface area contributed by atoms with E-state index in [9.17, 15) is 14.4 Å². The minimum Gasteiger partial charge on any atom is -0.463 e.